The Balaban J connectivity index is 0.000000266. The molecule has 0 nitrogen and oxygen atoms in total. The standard InChI is InChI=1S/C13H9.C10H17Si.C9H10.2ClH.Zr/c1-3-7-12-10(5-1)9-11-6-2-4-8-13(11)12;1-8-6-9(2)10(7-8)11(3,4)5;1-2-6-9-7-4-3-5-8-9;;;/h1-5,7-8H,9H2;7-8H,1-5H3;3-5,7-8H,2H2,1H3;2*1H;/q2*-1;;;;+2/p-2. The van der Waals surface area contributed by atoms with Crippen molar-refractivity contribution in [3.8, 4) is 11.1 Å². The van der Waals surface area contributed by atoms with Crippen molar-refractivity contribution in [2.24, 2.45) is 5.92 Å². The van der Waals surface area contributed by atoms with Crippen LogP contribution < -0.4 is 24.8 Å². The van der Waals surface area contributed by atoms with Gasteiger partial charge in [0.2, 0.25) is 0 Å². The van der Waals surface area contributed by atoms with E-state index < -0.39 is 8.07 Å². The summed E-state index contributed by atoms with van der Waals surface area (Å²) in [6, 6.07) is 28.7. The molecule has 0 spiro atoms. The first-order valence-corrected chi connectivity index (χ1v) is 17.0. The SMILES string of the molecule is CC1=[C-]C(C)C=C1[Si](C)(C)C.CC[C](=[Zr+2])c1ccccc1.[Cl-].[Cl-].[c-]1cccc2c1Cc1ccccc1-2. The van der Waals surface area contributed by atoms with Gasteiger partial charge in [-0.3, -0.25) is 6.08 Å². The molecule has 1 atom stereocenters. The van der Waals surface area contributed by atoms with E-state index in [-0.39, 0.29) is 24.8 Å². The molecule has 36 heavy (non-hydrogen) atoms. The Morgan fingerprint density at radius 3 is 2.08 bits per heavy atom. The fraction of sp³-hybridized carbons (Fsp3) is 0.281. The van der Waals surface area contributed by atoms with Crippen molar-refractivity contribution in [2.45, 2.75) is 53.3 Å². The van der Waals surface area contributed by atoms with Gasteiger partial charge < -0.3 is 24.8 Å². The summed E-state index contributed by atoms with van der Waals surface area (Å²) in [6.07, 6.45) is 8.04. The van der Waals surface area contributed by atoms with Gasteiger partial charge in [0.25, 0.3) is 0 Å². The molecule has 0 saturated carbocycles. The third-order valence-corrected chi connectivity index (χ3v) is 9.90. The summed E-state index contributed by atoms with van der Waals surface area (Å²) in [4.78, 5) is 0. The molecule has 2 aliphatic carbocycles. The molecule has 0 N–H and O–H groups in total. The third kappa shape index (κ3) is 8.91. The van der Waals surface area contributed by atoms with Crippen LogP contribution in [-0.4, -0.2) is 11.3 Å². The van der Waals surface area contributed by atoms with E-state index in [9.17, 15) is 0 Å². The number of halogens is 2. The van der Waals surface area contributed by atoms with Crippen molar-refractivity contribution >= 4 is 11.3 Å². The van der Waals surface area contributed by atoms with Crippen LogP contribution in [0, 0.1) is 18.1 Å². The number of allylic oxidation sites excluding steroid dienone is 4. The Morgan fingerprint density at radius 2 is 1.53 bits per heavy atom. The molecule has 3 aromatic rings. The molecule has 5 rings (SSSR count). The zero-order valence-corrected chi connectivity index (χ0v) is 27.2. The van der Waals surface area contributed by atoms with Crippen LogP contribution in [-0.2, 0) is 30.7 Å². The average Bonchev–Trinajstić information content (AvgIpc) is 3.39. The molecule has 188 valence electrons. The molecule has 4 heteroatoms. The maximum atomic E-state index is 3.43. The largest absolute Gasteiger partial charge is 1.00 e. The predicted molar refractivity (Wildman–Crippen MR) is 147 cm³/mol. The molecule has 0 amide bonds. The van der Waals surface area contributed by atoms with E-state index in [1.165, 1.54) is 64.0 Å². The van der Waals surface area contributed by atoms with E-state index in [1.54, 1.807) is 8.40 Å². The molecular weight excluding hydrogens is 575 g/mol. The number of rotatable bonds is 3. The molecule has 0 saturated heterocycles. The Kier molecular flexibility index (Phi) is 13.8. The van der Waals surface area contributed by atoms with Crippen LogP contribution in [0.15, 0.2) is 89.6 Å². The number of benzene rings is 3. The van der Waals surface area contributed by atoms with Gasteiger partial charge >= 0.3 is 76.7 Å². The summed E-state index contributed by atoms with van der Waals surface area (Å²) in [5, 5.41) is 1.60. The first-order valence-electron chi connectivity index (χ1n) is 12.2. The summed E-state index contributed by atoms with van der Waals surface area (Å²) in [6.45, 7) is 13.8. The molecular formula is C32H36Cl2SiZr-2. The molecule has 3 aromatic carbocycles. The van der Waals surface area contributed by atoms with E-state index in [0.29, 0.717) is 5.92 Å². The minimum atomic E-state index is -1.07. The molecule has 0 aliphatic heterocycles. The smallest absolute Gasteiger partial charge is 0.0253 e. The van der Waals surface area contributed by atoms with Crippen molar-refractivity contribution in [1.29, 1.82) is 0 Å². The molecule has 2 aliphatic rings. The van der Waals surface area contributed by atoms with Gasteiger partial charge in [0.1, 0.15) is 0 Å². The summed E-state index contributed by atoms with van der Waals surface area (Å²) in [5.74, 6) is 0.553. The summed E-state index contributed by atoms with van der Waals surface area (Å²) in [5.41, 5.74) is 8.32. The summed E-state index contributed by atoms with van der Waals surface area (Å²) >= 11 is 1.54. The monoisotopic (exact) mass is 608 g/mol. The first kappa shape index (κ1) is 32.7. The Morgan fingerprint density at radius 1 is 0.917 bits per heavy atom. The Hall–Kier alpha value is -1.31. The van der Waals surface area contributed by atoms with Crippen LogP contribution in [0.1, 0.15) is 43.9 Å². The van der Waals surface area contributed by atoms with Crippen molar-refractivity contribution in [1.82, 2.24) is 0 Å². The van der Waals surface area contributed by atoms with Gasteiger partial charge in [-0.15, -0.1) is 5.56 Å². The summed E-state index contributed by atoms with van der Waals surface area (Å²) < 4.78 is 1.55. The van der Waals surface area contributed by atoms with E-state index in [4.69, 9.17) is 0 Å². The molecule has 0 heterocycles. The van der Waals surface area contributed by atoms with E-state index in [0.717, 1.165) is 6.42 Å². The third-order valence-electron chi connectivity index (χ3n) is 6.17. The fourth-order valence-corrected chi connectivity index (χ4v) is 6.85. The maximum Gasteiger partial charge on any atom is -0.0253 e. The van der Waals surface area contributed by atoms with Gasteiger partial charge in [-0.05, 0) is 14.5 Å². The average molecular weight is 611 g/mol. The molecule has 0 aromatic heterocycles. The minimum Gasteiger partial charge on any atom is -1.00 e. The second kappa shape index (κ2) is 15.2. The molecule has 0 radical (unpaired) electrons. The second-order valence-corrected chi connectivity index (χ2v) is 16.5. The van der Waals surface area contributed by atoms with Gasteiger partial charge in [-0.25, -0.2) is 10.8 Å². The van der Waals surface area contributed by atoms with Crippen molar-refractivity contribution in [3.63, 3.8) is 0 Å². The normalized spacial score (nSPS) is 14.7. The van der Waals surface area contributed by atoms with Crippen molar-refractivity contribution < 1.29 is 49.0 Å². The Bertz CT molecular complexity index is 1150. The Labute approximate surface area is 247 Å². The quantitative estimate of drug-likeness (QED) is 0.247. The van der Waals surface area contributed by atoms with Crippen LogP contribution in [0.25, 0.3) is 11.1 Å². The van der Waals surface area contributed by atoms with E-state index >= 15 is 0 Å². The molecule has 1 unspecified atom stereocenters. The maximum absolute atomic E-state index is 3.43. The van der Waals surface area contributed by atoms with Gasteiger partial charge in [-0.2, -0.15) is 35.9 Å². The molecule has 0 bridgehead atoms. The number of fused-ring (bicyclic) bond motifs is 3. The second-order valence-electron chi connectivity index (χ2n) is 9.98. The van der Waals surface area contributed by atoms with E-state index in [2.05, 4.69) is 125 Å². The molecule has 0 fully saturated rings. The number of hydrogen-bond donors (Lipinski definition) is 0. The van der Waals surface area contributed by atoms with Gasteiger partial charge in [-0.1, -0.05) is 74.8 Å². The number of hydrogen-bond acceptors (Lipinski definition) is 0. The van der Waals surface area contributed by atoms with Crippen LogP contribution in [0.5, 0.6) is 0 Å². The summed E-state index contributed by atoms with van der Waals surface area (Å²) in [7, 11) is -1.07. The van der Waals surface area contributed by atoms with Crippen LogP contribution in [0.3, 0.4) is 0 Å². The minimum absolute atomic E-state index is 0. The van der Waals surface area contributed by atoms with E-state index in [1.807, 2.05) is 6.07 Å². The van der Waals surface area contributed by atoms with Crippen molar-refractivity contribution in [2.75, 3.05) is 0 Å². The van der Waals surface area contributed by atoms with Crippen LogP contribution in [0.4, 0.5) is 0 Å². The zero-order chi connectivity index (χ0) is 24.7. The van der Waals surface area contributed by atoms with Crippen molar-refractivity contribution in [3.05, 3.63) is 118 Å². The van der Waals surface area contributed by atoms with Gasteiger partial charge in [0, 0.05) is 0 Å². The first-order chi connectivity index (χ1) is 16.2. The predicted octanol–water partition coefficient (Wildman–Crippen LogP) is 2.42. The van der Waals surface area contributed by atoms with Crippen LogP contribution >= 0.6 is 0 Å². The van der Waals surface area contributed by atoms with Gasteiger partial charge in [0.15, 0.2) is 0 Å². The topological polar surface area (TPSA) is 0 Å². The van der Waals surface area contributed by atoms with Crippen LogP contribution in [0.2, 0.25) is 19.6 Å². The zero-order valence-electron chi connectivity index (χ0n) is 22.3. The van der Waals surface area contributed by atoms with Gasteiger partial charge in [0.05, 0.1) is 0 Å². The fourth-order valence-electron chi connectivity index (χ4n) is 4.49.